The molecule has 1 aliphatic heterocycles. The van der Waals surface area contributed by atoms with Gasteiger partial charge in [-0.1, -0.05) is 6.07 Å². The molecule has 1 heterocycles. The highest BCUT2D eigenvalue weighted by Crippen LogP contribution is 2.40. The van der Waals surface area contributed by atoms with Crippen LogP contribution in [0.3, 0.4) is 0 Å². The molecule has 0 atom stereocenters. The number of hydrogen-bond donors (Lipinski definition) is 1. The van der Waals surface area contributed by atoms with Crippen LogP contribution in [0.4, 0.5) is 11.4 Å². The van der Waals surface area contributed by atoms with Gasteiger partial charge in [-0.2, -0.15) is 0 Å². The summed E-state index contributed by atoms with van der Waals surface area (Å²) in [5, 5.41) is 3.49. The van der Waals surface area contributed by atoms with Crippen LogP contribution < -0.4 is 15.0 Å². The summed E-state index contributed by atoms with van der Waals surface area (Å²) in [6.07, 6.45) is 3.03. The molecule has 0 unspecified atom stereocenters. The van der Waals surface area contributed by atoms with E-state index in [0.29, 0.717) is 0 Å². The maximum Gasteiger partial charge on any atom is 0.144 e. The minimum absolute atomic E-state index is 0.220. The number of nitrogens with one attached hydrogen (secondary N) is 1. The predicted octanol–water partition coefficient (Wildman–Crippen LogP) is 3.12. The third-order valence-electron chi connectivity index (χ3n) is 3.57. The zero-order chi connectivity index (χ0) is 12.5. The van der Waals surface area contributed by atoms with Crippen LogP contribution in [0.5, 0.6) is 5.75 Å². The van der Waals surface area contributed by atoms with Gasteiger partial charge >= 0.3 is 0 Å². The summed E-state index contributed by atoms with van der Waals surface area (Å²) in [6, 6.07) is 6.37. The molecule has 0 amide bonds. The van der Waals surface area contributed by atoms with E-state index in [4.69, 9.17) is 4.74 Å². The summed E-state index contributed by atoms with van der Waals surface area (Å²) < 4.78 is 5.89. The highest BCUT2D eigenvalue weighted by molar-refractivity contribution is 5.78. The Bertz CT molecular complexity index is 427. The standard InChI is InChI=1S/C15H22N2O/c1-11(2)18-14-5-3-4-13-15(14)16-8-9-17(13)10-12-6-7-12/h3-5,11-12,16H,6-10H2,1-2H3. The average molecular weight is 246 g/mol. The Morgan fingerprint density at radius 2 is 2.22 bits per heavy atom. The molecule has 18 heavy (non-hydrogen) atoms. The number of ether oxygens (including phenoxy) is 1. The molecule has 3 heteroatoms. The Morgan fingerprint density at radius 3 is 2.94 bits per heavy atom. The Labute approximate surface area is 109 Å². The van der Waals surface area contributed by atoms with Crippen LogP contribution in [0.25, 0.3) is 0 Å². The maximum atomic E-state index is 5.89. The molecule has 0 spiro atoms. The van der Waals surface area contributed by atoms with E-state index in [9.17, 15) is 0 Å². The van der Waals surface area contributed by atoms with Crippen molar-refractivity contribution >= 4 is 11.4 Å². The minimum Gasteiger partial charge on any atom is -0.489 e. The second-order valence-electron chi connectivity index (χ2n) is 5.63. The van der Waals surface area contributed by atoms with Gasteiger partial charge in [0.05, 0.1) is 11.8 Å². The largest absolute Gasteiger partial charge is 0.489 e. The number of benzene rings is 1. The molecule has 1 aromatic rings. The van der Waals surface area contributed by atoms with Crippen molar-refractivity contribution in [1.82, 2.24) is 0 Å². The summed E-state index contributed by atoms with van der Waals surface area (Å²) in [4.78, 5) is 2.51. The van der Waals surface area contributed by atoms with Crippen molar-refractivity contribution in [2.45, 2.75) is 32.8 Å². The molecule has 0 saturated heterocycles. The lowest BCUT2D eigenvalue weighted by molar-refractivity contribution is 0.243. The van der Waals surface area contributed by atoms with E-state index in [-0.39, 0.29) is 6.10 Å². The lowest BCUT2D eigenvalue weighted by Gasteiger charge is -2.33. The quantitative estimate of drug-likeness (QED) is 0.883. The van der Waals surface area contributed by atoms with Crippen molar-refractivity contribution in [3.8, 4) is 5.75 Å². The average Bonchev–Trinajstić information content (AvgIpc) is 3.13. The lowest BCUT2D eigenvalue weighted by atomic mass is 10.1. The number of rotatable bonds is 4. The molecule has 1 N–H and O–H groups in total. The monoisotopic (exact) mass is 246 g/mol. The van der Waals surface area contributed by atoms with E-state index < -0.39 is 0 Å². The molecule has 1 fully saturated rings. The molecule has 0 bridgehead atoms. The molecule has 1 aliphatic carbocycles. The smallest absolute Gasteiger partial charge is 0.144 e. The van der Waals surface area contributed by atoms with Gasteiger partial charge in [-0.25, -0.2) is 0 Å². The maximum absolute atomic E-state index is 5.89. The van der Waals surface area contributed by atoms with Crippen LogP contribution in [-0.2, 0) is 0 Å². The molecular formula is C15H22N2O. The van der Waals surface area contributed by atoms with Crippen molar-refractivity contribution in [2.75, 3.05) is 29.9 Å². The summed E-state index contributed by atoms with van der Waals surface area (Å²) in [5.74, 6) is 1.91. The zero-order valence-corrected chi connectivity index (χ0v) is 11.3. The van der Waals surface area contributed by atoms with Gasteiger partial charge < -0.3 is 15.0 Å². The van der Waals surface area contributed by atoms with Gasteiger partial charge in [-0.15, -0.1) is 0 Å². The van der Waals surface area contributed by atoms with Crippen LogP contribution in [0, 0.1) is 5.92 Å². The van der Waals surface area contributed by atoms with Gasteiger partial charge in [0, 0.05) is 19.6 Å². The number of fused-ring (bicyclic) bond motifs is 1. The van der Waals surface area contributed by atoms with Gasteiger partial charge in [0.15, 0.2) is 0 Å². The molecule has 0 aromatic heterocycles. The first kappa shape index (κ1) is 11.7. The van der Waals surface area contributed by atoms with Crippen molar-refractivity contribution in [3.63, 3.8) is 0 Å². The molecule has 3 rings (SSSR count). The van der Waals surface area contributed by atoms with Crippen molar-refractivity contribution < 1.29 is 4.74 Å². The van der Waals surface area contributed by atoms with Gasteiger partial charge in [0.1, 0.15) is 11.4 Å². The normalized spacial score (nSPS) is 18.5. The Balaban J connectivity index is 1.86. The second kappa shape index (κ2) is 4.71. The third kappa shape index (κ3) is 2.40. The molecule has 1 saturated carbocycles. The fraction of sp³-hybridized carbons (Fsp3) is 0.600. The number of para-hydroxylation sites is 1. The van der Waals surface area contributed by atoms with E-state index >= 15 is 0 Å². The van der Waals surface area contributed by atoms with Crippen molar-refractivity contribution in [1.29, 1.82) is 0 Å². The van der Waals surface area contributed by atoms with Gasteiger partial charge in [0.2, 0.25) is 0 Å². The highest BCUT2D eigenvalue weighted by Gasteiger charge is 2.27. The topological polar surface area (TPSA) is 24.5 Å². The van der Waals surface area contributed by atoms with Crippen molar-refractivity contribution in [3.05, 3.63) is 18.2 Å². The van der Waals surface area contributed by atoms with Crippen LogP contribution in [0.1, 0.15) is 26.7 Å². The fourth-order valence-electron chi connectivity index (χ4n) is 2.55. The molecular weight excluding hydrogens is 224 g/mol. The first-order chi connectivity index (χ1) is 8.74. The van der Waals surface area contributed by atoms with Crippen molar-refractivity contribution in [2.24, 2.45) is 5.92 Å². The summed E-state index contributed by atoms with van der Waals surface area (Å²) >= 11 is 0. The Kier molecular flexibility index (Phi) is 3.06. The Hall–Kier alpha value is -1.38. The first-order valence-corrected chi connectivity index (χ1v) is 7.02. The summed E-state index contributed by atoms with van der Waals surface area (Å²) in [7, 11) is 0. The van der Waals surface area contributed by atoms with E-state index in [2.05, 4.69) is 42.3 Å². The van der Waals surface area contributed by atoms with Crippen LogP contribution in [-0.4, -0.2) is 25.7 Å². The zero-order valence-electron chi connectivity index (χ0n) is 11.3. The summed E-state index contributed by atoms with van der Waals surface area (Å²) in [6.45, 7) is 7.47. The first-order valence-electron chi connectivity index (χ1n) is 7.02. The summed E-state index contributed by atoms with van der Waals surface area (Å²) in [5.41, 5.74) is 2.49. The van der Waals surface area contributed by atoms with E-state index in [1.165, 1.54) is 30.8 Å². The third-order valence-corrected chi connectivity index (χ3v) is 3.57. The van der Waals surface area contributed by atoms with Crippen LogP contribution >= 0.6 is 0 Å². The van der Waals surface area contributed by atoms with Gasteiger partial charge in [-0.05, 0) is 44.7 Å². The number of nitrogens with zero attached hydrogens (tertiary/aromatic N) is 1. The van der Waals surface area contributed by atoms with Gasteiger partial charge in [-0.3, -0.25) is 0 Å². The van der Waals surface area contributed by atoms with Crippen LogP contribution in [0.15, 0.2) is 18.2 Å². The Morgan fingerprint density at radius 1 is 1.39 bits per heavy atom. The minimum atomic E-state index is 0.220. The molecule has 0 radical (unpaired) electrons. The van der Waals surface area contributed by atoms with E-state index in [1.807, 2.05) is 0 Å². The predicted molar refractivity (Wildman–Crippen MR) is 75.6 cm³/mol. The fourth-order valence-corrected chi connectivity index (χ4v) is 2.55. The van der Waals surface area contributed by atoms with Gasteiger partial charge in [0.25, 0.3) is 0 Å². The molecule has 1 aromatic carbocycles. The lowest BCUT2D eigenvalue weighted by Crippen LogP contribution is -2.35. The van der Waals surface area contributed by atoms with E-state index in [0.717, 1.165) is 24.8 Å². The van der Waals surface area contributed by atoms with E-state index in [1.54, 1.807) is 0 Å². The van der Waals surface area contributed by atoms with Crippen LogP contribution in [0.2, 0.25) is 0 Å². The second-order valence-corrected chi connectivity index (χ2v) is 5.63. The number of anilines is 2. The SMILES string of the molecule is CC(C)Oc1cccc2c1NCCN2CC1CC1. The molecule has 2 aliphatic rings. The number of hydrogen-bond acceptors (Lipinski definition) is 3. The highest BCUT2D eigenvalue weighted by atomic mass is 16.5. The molecule has 98 valence electrons. The molecule has 3 nitrogen and oxygen atoms in total.